The van der Waals surface area contributed by atoms with Gasteiger partial charge in [0.25, 0.3) is 0 Å². The van der Waals surface area contributed by atoms with Crippen molar-refractivity contribution in [2.45, 2.75) is 37.8 Å². The number of aliphatic carboxylic acids is 1. The third-order valence-electron chi connectivity index (χ3n) is 3.90. The number of ether oxygens (including phenoxy) is 1. The molecule has 3 heterocycles. The normalized spacial score (nSPS) is 29.6. The Morgan fingerprint density at radius 3 is 2.95 bits per heavy atom. The Bertz CT molecular complexity index is 495. The summed E-state index contributed by atoms with van der Waals surface area (Å²) >= 11 is 0. The van der Waals surface area contributed by atoms with Crippen molar-refractivity contribution in [3.05, 3.63) is 48.0 Å². The zero-order valence-corrected chi connectivity index (χ0v) is 10.7. The maximum atomic E-state index is 10.5. The highest BCUT2D eigenvalue weighted by atomic mass is 16.6. The van der Waals surface area contributed by atoms with Gasteiger partial charge in [0.05, 0.1) is 0 Å². The predicted molar refractivity (Wildman–Crippen MR) is 70.2 cm³/mol. The van der Waals surface area contributed by atoms with E-state index in [-0.39, 0.29) is 12.0 Å². The van der Waals surface area contributed by atoms with Crippen molar-refractivity contribution in [1.82, 2.24) is 4.90 Å². The summed E-state index contributed by atoms with van der Waals surface area (Å²) in [5.74, 6) is -0.903. The third-order valence-corrected chi connectivity index (χ3v) is 3.90. The second-order valence-electron chi connectivity index (χ2n) is 5.12. The Morgan fingerprint density at radius 2 is 2.26 bits per heavy atom. The summed E-state index contributed by atoms with van der Waals surface area (Å²) in [7, 11) is 0. The molecule has 1 unspecified atom stereocenters. The second kappa shape index (κ2) is 4.79. The molecule has 0 spiro atoms. The summed E-state index contributed by atoms with van der Waals surface area (Å²) in [4.78, 5) is 12.9. The van der Waals surface area contributed by atoms with E-state index in [9.17, 15) is 4.79 Å². The van der Waals surface area contributed by atoms with E-state index in [0.717, 1.165) is 19.4 Å². The van der Waals surface area contributed by atoms with E-state index in [0.29, 0.717) is 6.42 Å². The molecule has 3 fully saturated rings. The fourth-order valence-electron chi connectivity index (χ4n) is 3.00. The summed E-state index contributed by atoms with van der Waals surface area (Å²) in [6.45, 7) is 0.867. The van der Waals surface area contributed by atoms with E-state index in [4.69, 9.17) is 9.84 Å². The molecule has 3 aliphatic rings. The monoisotopic (exact) mass is 259 g/mol. The van der Waals surface area contributed by atoms with Crippen LogP contribution in [0.15, 0.2) is 42.5 Å². The van der Waals surface area contributed by atoms with Crippen LogP contribution in [0.3, 0.4) is 0 Å². The number of carboxylic acids is 1. The Morgan fingerprint density at radius 1 is 1.47 bits per heavy atom. The quantitative estimate of drug-likeness (QED) is 0.825. The van der Waals surface area contributed by atoms with Gasteiger partial charge in [0.1, 0.15) is 12.0 Å². The van der Waals surface area contributed by atoms with Crippen molar-refractivity contribution in [3.63, 3.8) is 0 Å². The van der Waals surface area contributed by atoms with Gasteiger partial charge in [0, 0.05) is 19.0 Å². The van der Waals surface area contributed by atoms with E-state index in [1.807, 2.05) is 18.2 Å². The van der Waals surface area contributed by atoms with E-state index in [1.54, 1.807) is 6.08 Å². The number of carbonyl (C=O) groups is 1. The molecule has 0 saturated carbocycles. The Labute approximate surface area is 112 Å². The highest BCUT2D eigenvalue weighted by Gasteiger charge is 2.57. The number of fused-ring (bicyclic) bond motifs is 1. The number of nitrogens with zero attached hydrogens (tertiary/aromatic N) is 1. The molecule has 1 aromatic carbocycles. The number of hydrogen-bond donors (Lipinski definition) is 1. The first-order valence-corrected chi connectivity index (χ1v) is 6.58. The van der Waals surface area contributed by atoms with Gasteiger partial charge in [-0.2, -0.15) is 0 Å². The summed E-state index contributed by atoms with van der Waals surface area (Å²) in [5, 5.41) is 8.64. The molecule has 4 heteroatoms. The van der Waals surface area contributed by atoms with Gasteiger partial charge >= 0.3 is 5.97 Å². The first-order chi connectivity index (χ1) is 9.20. The van der Waals surface area contributed by atoms with Crippen LogP contribution >= 0.6 is 0 Å². The fourth-order valence-corrected chi connectivity index (χ4v) is 3.00. The topological polar surface area (TPSA) is 49.8 Å². The zero-order chi connectivity index (χ0) is 13.3. The van der Waals surface area contributed by atoms with Crippen LogP contribution in [0.2, 0.25) is 0 Å². The van der Waals surface area contributed by atoms with Crippen molar-refractivity contribution >= 4 is 5.97 Å². The Kier molecular flexibility index (Phi) is 3.12. The minimum atomic E-state index is -0.903. The zero-order valence-electron chi connectivity index (χ0n) is 10.7. The predicted octanol–water partition coefficient (Wildman–Crippen LogP) is 2.37. The van der Waals surface area contributed by atoms with Crippen LogP contribution in [-0.2, 0) is 16.1 Å². The van der Waals surface area contributed by atoms with E-state index in [2.05, 4.69) is 17.0 Å². The van der Waals surface area contributed by atoms with Crippen LogP contribution in [0.4, 0.5) is 0 Å². The van der Waals surface area contributed by atoms with Crippen LogP contribution in [0.5, 0.6) is 0 Å². The number of rotatable bonds is 5. The molecule has 3 aliphatic heterocycles. The van der Waals surface area contributed by atoms with Crippen molar-refractivity contribution in [1.29, 1.82) is 0 Å². The molecule has 1 aromatic rings. The molecule has 1 N–H and O–H groups in total. The van der Waals surface area contributed by atoms with Crippen LogP contribution in [0, 0.1) is 0 Å². The van der Waals surface area contributed by atoms with Crippen molar-refractivity contribution < 1.29 is 14.6 Å². The third kappa shape index (κ3) is 2.29. The summed E-state index contributed by atoms with van der Waals surface area (Å²) < 4.78 is 5.89. The lowest BCUT2D eigenvalue weighted by Crippen LogP contribution is -2.60. The minimum absolute atomic E-state index is 0.207. The van der Waals surface area contributed by atoms with Gasteiger partial charge in [-0.05, 0) is 18.4 Å². The summed E-state index contributed by atoms with van der Waals surface area (Å²) in [6, 6.07) is 10.3. The highest BCUT2D eigenvalue weighted by Crippen LogP contribution is 2.50. The smallest absolute Gasteiger partial charge is 0.327 e. The maximum absolute atomic E-state index is 10.5. The molecule has 4 rings (SSSR count). The molecule has 0 amide bonds. The fraction of sp³-hybridized carbons (Fsp3) is 0.400. The van der Waals surface area contributed by atoms with Crippen molar-refractivity contribution in [2.24, 2.45) is 0 Å². The van der Waals surface area contributed by atoms with Gasteiger partial charge in [-0.1, -0.05) is 36.4 Å². The lowest BCUT2D eigenvalue weighted by atomic mass is 10.0. The van der Waals surface area contributed by atoms with Gasteiger partial charge < -0.3 is 9.84 Å². The van der Waals surface area contributed by atoms with Gasteiger partial charge in [-0.15, -0.1) is 0 Å². The largest absolute Gasteiger partial charge is 0.478 e. The molecular weight excluding hydrogens is 242 g/mol. The van der Waals surface area contributed by atoms with Crippen molar-refractivity contribution in [3.8, 4) is 0 Å². The molecule has 2 atom stereocenters. The van der Waals surface area contributed by atoms with E-state index >= 15 is 0 Å². The standard InChI is InChI=1S/C15H17NO3/c17-14(18)7-4-9-15-10-8-13(19-15)16(15)11-12-5-2-1-3-6-12/h1-7,13H,8-11H2,(H,17,18)/b7-4+/t13?,15-/m0/s1. The SMILES string of the molecule is O=C(O)/C=C/C[C@@]12CCC(O1)N2Cc1ccccc1. The van der Waals surface area contributed by atoms with Crippen LogP contribution in [0.25, 0.3) is 0 Å². The molecular formula is C15H17NO3. The molecule has 4 nitrogen and oxygen atoms in total. The molecule has 0 aliphatic carbocycles. The Balaban J connectivity index is 1.67. The maximum Gasteiger partial charge on any atom is 0.327 e. The first-order valence-electron chi connectivity index (χ1n) is 6.58. The average molecular weight is 259 g/mol. The van der Waals surface area contributed by atoms with Gasteiger partial charge in [0.15, 0.2) is 0 Å². The lowest BCUT2D eigenvalue weighted by molar-refractivity contribution is -0.312. The molecule has 19 heavy (non-hydrogen) atoms. The van der Waals surface area contributed by atoms with Crippen LogP contribution in [-0.4, -0.2) is 27.9 Å². The van der Waals surface area contributed by atoms with Crippen LogP contribution < -0.4 is 0 Å². The molecule has 2 bridgehead atoms. The molecule has 100 valence electrons. The molecule has 0 aromatic heterocycles. The average Bonchev–Trinajstić information content (AvgIpc) is 2.95. The lowest BCUT2D eigenvalue weighted by Gasteiger charge is -2.50. The number of benzene rings is 1. The summed E-state index contributed by atoms with van der Waals surface area (Å²) in [6.07, 6.45) is 5.76. The van der Waals surface area contributed by atoms with Crippen molar-refractivity contribution in [2.75, 3.05) is 0 Å². The van der Waals surface area contributed by atoms with E-state index in [1.165, 1.54) is 11.6 Å². The summed E-state index contributed by atoms with van der Waals surface area (Å²) in [5.41, 5.74) is 0.996. The van der Waals surface area contributed by atoms with E-state index < -0.39 is 5.97 Å². The van der Waals surface area contributed by atoms with Gasteiger partial charge in [-0.25, -0.2) is 9.69 Å². The van der Waals surface area contributed by atoms with Crippen LogP contribution in [0.1, 0.15) is 24.8 Å². The first kappa shape index (κ1) is 12.4. The molecule has 0 radical (unpaired) electrons. The molecule has 3 saturated heterocycles. The number of hydrogen-bond acceptors (Lipinski definition) is 3. The second-order valence-corrected chi connectivity index (χ2v) is 5.12. The Hall–Kier alpha value is -1.65. The highest BCUT2D eigenvalue weighted by molar-refractivity contribution is 5.79. The minimum Gasteiger partial charge on any atom is -0.478 e. The number of carboxylic acid groups (broad SMARTS) is 1. The van der Waals surface area contributed by atoms with Gasteiger partial charge in [0.2, 0.25) is 0 Å². The van der Waals surface area contributed by atoms with Gasteiger partial charge in [-0.3, -0.25) is 0 Å².